The van der Waals surface area contributed by atoms with Crippen LogP contribution in [-0.4, -0.2) is 35.2 Å². The second-order valence-corrected chi connectivity index (χ2v) is 7.80. The van der Waals surface area contributed by atoms with Gasteiger partial charge in [0.05, 0.1) is 17.7 Å². The van der Waals surface area contributed by atoms with Crippen molar-refractivity contribution in [2.75, 3.05) is 6.54 Å². The molecule has 158 valence electrons. The first-order valence-corrected chi connectivity index (χ1v) is 10.1. The molecule has 7 heteroatoms. The van der Waals surface area contributed by atoms with Crippen molar-refractivity contribution in [3.8, 4) is 0 Å². The topological polar surface area (TPSA) is 92.5 Å². The highest BCUT2D eigenvalue weighted by atomic mass is 35.5. The number of nitrogens with two attached hydrogens (primary N) is 1. The number of hydrogen-bond donors (Lipinski definition) is 2. The van der Waals surface area contributed by atoms with Gasteiger partial charge in [-0.1, -0.05) is 43.2 Å². The largest absolute Gasteiger partial charge is 0.349 e. The summed E-state index contributed by atoms with van der Waals surface area (Å²) in [6.45, 7) is 0.769. The highest BCUT2D eigenvalue weighted by molar-refractivity contribution is 6.22. The predicted molar refractivity (Wildman–Crippen MR) is 117 cm³/mol. The van der Waals surface area contributed by atoms with E-state index < -0.39 is 0 Å². The maximum Gasteiger partial charge on any atom is 0.261 e. The van der Waals surface area contributed by atoms with Gasteiger partial charge in [0.25, 0.3) is 17.7 Å². The Morgan fingerprint density at radius 2 is 1.70 bits per heavy atom. The maximum atomic E-state index is 12.8. The van der Waals surface area contributed by atoms with Crippen molar-refractivity contribution in [2.45, 2.75) is 38.3 Å². The van der Waals surface area contributed by atoms with Gasteiger partial charge in [-0.2, -0.15) is 0 Å². The second kappa shape index (κ2) is 9.41. The lowest BCUT2D eigenvalue weighted by Crippen LogP contribution is -2.44. The zero-order valence-electron chi connectivity index (χ0n) is 16.7. The SMILES string of the molecule is Cl.NCC1CCCCC1NC(=O)c1ccc2c(c1)C(=O)N(Cc1ccccc1)C2=O. The lowest BCUT2D eigenvalue weighted by atomic mass is 9.84. The molecule has 0 spiro atoms. The molecule has 2 aromatic carbocycles. The Balaban J connectivity index is 0.00000256. The molecule has 3 N–H and O–H groups in total. The van der Waals surface area contributed by atoms with Gasteiger partial charge in [0, 0.05) is 11.6 Å². The van der Waals surface area contributed by atoms with Gasteiger partial charge in [0.15, 0.2) is 0 Å². The number of carbonyl (C=O) groups excluding carboxylic acids is 3. The molecule has 0 aromatic heterocycles. The summed E-state index contributed by atoms with van der Waals surface area (Å²) >= 11 is 0. The Hall–Kier alpha value is -2.70. The summed E-state index contributed by atoms with van der Waals surface area (Å²) in [5, 5.41) is 3.08. The van der Waals surface area contributed by atoms with E-state index in [0.717, 1.165) is 31.2 Å². The van der Waals surface area contributed by atoms with Crippen LogP contribution in [0.2, 0.25) is 0 Å². The molecule has 1 fully saturated rings. The average Bonchev–Trinajstić information content (AvgIpc) is 2.99. The number of nitrogens with zero attached hydrogens (tertiary/aromatic N) is 1. The van der Waals surface area contributed by atoms with Gasteiger partial charge in [0.1, 0.15) is 0 Å². The Labute approximate surface area is 182 Å². The Morgan fingerprint density at radius 1 is 1.00 bits per heavy atom. The van der Waals surface area contributed by atoms with E-state index in [2.05, 4.69) is 5.32 Å². The predicted octanol–water partition coefficient (Wildman–Crippen LogP) is 3.15. The number of imide groups is 1. The lowest BCUT2D eigenvalue weighted by molar-refractivity contribution is 0.0642. The minimum Gasteiger partial charge on any atom is -0.349 e. The fourth-order valence-corrected chi connectivity index (χ4v) is 4.27. The normalized spacial score (nSPS) is 20.5. The monoisotopic (exact) mass is 427 g/mol. The van der Waals surface area contributed by atoms with Gasteiger partial charge in [-0.25, -0.2) is 0 Å². The molecule has 1 aliphatic carbocycles. The number of nitrogens with one attached hydrogen (secondary N) is 1. The summed E-state index contributed by atoms with van der Waals surface area (Å²) < 4.78 is 0. The van der Waals surface area contributed by atoms with Crippen LogP contribution < -0.4 is 11.1 Å². The third-order valence-electron chi connectivity index (χ3n) is 5.94. The summed E-state index contributed by atoms with van der Waals surface area (Å²) in [7, 11) is 0. The Morgan fingerprint density at radius 3 is 2.43 bits per heavy atom. The molecule has 6 nitrogen and oxygen atoms in total. The van der Waals surface area contributed by atoms with Crippen LogP contribution in [0.1, 0.15) is 62.3 Å². The fraction of sp³-hybridized carbons (Fsp3) is 0.348. The minimum atomic E-state index is -0.360. The van der Waals surface area contributed by atoms with Crippen LogP contribution in [0.15, 0.2) is 48.5 Å². The van der Waals surface area contributed by atoms with Crippen LogP contribution in [0.5, 0.6) is 0 Å². The number of rotatable bonds is 5. The standard InChI is InChI=1S/C23H25N3O3.ClH/c24-13-17-8-4-5-9-20(17)25-21(27)16-10-11-18-19(12-16)23(29)26(22(18)28)14-15-6-2-1-3-7-15;/h1-3,6-7,10-12,17,20H,4-5,8-9,13-14,24H2,(H,25,27);1H. The van der Waals surface area contributed by atoms with E-state index in [9.17, 15) is 14.4 Å². The molecule has 2 aliphatic rings. The summed E-state index contributed by atoms with van der Waals surface area (Å²) in [6, 6.07) is 14.2. The smallest absolute Gasteiger partial charge is 0.261 e. The van der Waals surface area contributed by atoms with E-state index in [1.807, 2.05) is 30.3 Å². The molecule has 1 heterocycles. The number of amides is 3. The molecule has 2 unspecified atom stereocenters. The number of benzene rings is 2. The van der Waals surface area contributed by atoms with Crippen molar-refractivity contribution in [1.29, 1.82) is 0 Å². The molecule has 30 heavy (non-hydrogen) atoms. The Bertz CT molecular complexity index is 948. The van der Waals surface area contributed by atoms with E-state index in [4.69, 9.17) is 5.73 Å². The molecule has 1 aliphatic heterocycles. The molecule has 0 bridgehead atoms. The average molecular weight is 428 g/mol. The van der Waals surface area contributed by atoms with Crippen molar-refractivity contribution in [2.24, 2.45) is 11.7 Å². The summed E-state index contributed by atoms with van der Waals surface area (Å²) in [6.07, 6.45) is 4.15. The van der Waals surface area contributed by atoms with E-state index in [1.54, 1.807) is 12.1 Å². The Kier molecular flexibility index (Phi) is 6.90. The van der Waals surface area contributed by atoms with Gasteiger partial charge in [0.2, 0.25) is 0 Å². The number of fused-ring (bicyclic) bond motifs is 1. The second-order valence-electron chi connectivity index (χ2n) is 7.80. The zero-order chi connectivity index (χ0) is 20.4. The quantitative estimate of drug-likeness (QED) is 0.717. The van der Waals surface area contributed by atoms with E-state index in [0.29, 0.717) is 17.7 Å². The van der Waals surface area contributed by atoms with Crippen LogP contribution in [-0.2, 0) is 6.54 Å². The number of halogens is 1. The summed E-state index contributed by atoms with van der Waals surface area (Å²) in [5.41, 5.74) is 7.77. The molecular formula is C23H26ClN3O3. The van der Waals surface area contributed by atoms with Crippen molar-refractivity contribution in [1.82, 2.24) is 10.2 Å². The van der Waals surface area contributed by atoms with Crippen LogP contribution in [0.3, 0.4) is 0 Å². The van der Waals surface area contributed by atoms with E-state index in [-0.39, 0.29) is 54.2 Å². The van der Waals surface area contributed by atoms with Gasteiger partial charge in [-0.15, -0.1) is 12.4 Å². The van der Waals surface area contributed by atoms with Gasteiger partial charge in [-0.05, 0) is 49.1 Å². The van der Waals surface area contributed by atoms with Crippen molar-refractivity contribution < 1.29 is 14.4 Å². The first kappa shape index (κ1) is 22.0. The molecule has 2 aromatic rings. The molecule has 0 saturated heterocycles. The summed E-state index contributed by atoms with van der Waals surface area (Å²) in [5.74, 6) is -0.621. The van der Waals surface area contributed by atoms with Crippen molar-refractivity contribution >= 4 is 30.1 Å². The third kappa shape index (κ3) is 4.25. The number of hydrogen-bond acceptors (Lipinski definition) is 4. The van der Waals surface area contributed by atoms with Gasteiger partial charge >= 0.3 is 0 Å². The molecule has 1 saturated carbocycles. The molecular weight excluding hydrogens is 402 g/mol. The van der Waals surface area contributed by atoms with Crippen molar-refractivity contribution in [3.63, 3.8) is 0 Å². The van der Waals surface area contributed by atoms with Crippen LogP contribution in [0.25, 0.3) is 0 Å². The molecule has 2 atom stereocenters. The lowest BCUT2D eigenvalue weighted by Gasteiger charge is -2.31. The highest BCUT2D eigenvalue weighted by Crippen LogP contribution is 2.27. The number of carbonyl (C=O) groups is 3. The summed E-state index contributed by atoms with van der Waals surface area (Å²) in [4.78, 5) is 39.5. The first-order chi connectivity index (χ1) is 14.1. The highest BCUT2D eigenvalue weighted by Gasteiger charge is 2.36. The van der Waals surface area contributed by atoms with Crippen molar-refractivity contribution in [3.05, 3.63) is 70.8 Å². The minimum absolute atomic E-state index is 0. The first-order valence-electron chi connectivity index (χ1n) is 10.1. The van der Waals surface area contributed by atoms with Crippen LogP contribution >= 0.6 is 12.4 Å². The van der Waals surface area contributed by atoms with E-state index >= 15 is 0 Å². The molecule has 0 radical (unpaired) electrons. The fourth-order valence-electron chi connectivity index (χ4n) is 4.27. The molecule has 4 rings (SSSR count). The van der Waals surface area contributed by atoms with Crippen LogP contribution in [0.4, 0.5) is 0 Å². The third-order valence-corrected chi connectivity index (χ3v) is 5.94. The zero-order valence-corrected chi connectivity index (χ0v) is 17.5. The van der Waals surface area contributed by atoms with Gasteiger partial charge < -0.3 is 11.1 Å². The van der Waals surface area contributed by atoms with E-state index in [1.165, 1.54) is 11.0 Å². The van der Waals surface area contributed by atoms with Gasteiger partial charge in [-0.3, -0.25) is 19.3 Å². The molecule has 3 amide bonds. The maximum absolute atomic E-state index is 12.8. The van der Waals surface area contributed by atoms with Crippen LogP contribution in [0, 0.1) is 5.92 Å².